The highest BCUT2D eigenvalue weighted by Crippen LogP contribution is 2.26. The Hall–Kier alpha value is -0.573. The third-order valence-corrected chi connectivity index (χ3v) is 2.05. The molecule has 1 N–H and O–H groups in total. The Bertz CT molecular complexity index is 142. The van der Waals surface area contributed by atoms with E-state index < -0.39 is 5.97 Å². The summed E-state index contributed by atoms with van der Waals surface area (Å²) in [5.41, 5.74) is 0.659. The molecule has 0 spiro atoms. The van der Waals surface area contributed by atoms with Crippen LogP contribution in [0.2, 0.25) is 0 Å². The maximum atomic E-state index is 9.94. The molecular weight excluding hydrogens is 108 g/mol. The van der Waals surface area contributed by atoms with Crippen molar-refractivity contribution in [2.75, 3.05) is 0 Å². The summed E-state index contributed by atoms with van der Waals surface area (Å²) in [6.07, 6.45) is 0.779. The van der Waals surface area contributed by atoms with E-state index in [2.05, 4.69) is 0 Å². The number of hydrogen-bond donors (Lipinski definition) is 1. The molecule has 7 heavy (non-hydrogen) atoms. The first-order valence-electron chi connectivity index (χ1n) is 2.13. The molecular formula is C4H6O2Si. The van der Waals surface area contributed by atoms with Gasteiger partial charge in [-0.2, -0.15) is 0 Å². The number of allylic oxidation sites excluding steroid dienone is 1. The number of hydrogen-bond acceptors (Lipinski definition) is 1. The number of carbonyl (C=O) groups is 1. The van der Waals surface area contributed by atoms with Crippen LogP contribution in [-0.4, -0.2) is 21.3 Å². The molecule has 0 saturated carbocycles. The Morgan fingerprint density at radius 2 is 2.29 bits per heavy atom. The van der Waals surface area contributed by atoms with Gasteiger partial charge in [-0.1, -0.05) is 5.20 Å². The van der Waals surface area contributed by atoms with Crippen molar-refractivity contribution >= 4 is 16.2 Å². The lowest BCUT2D eigenvalue weighted by atomic mass is 10.5. The zero-order valence-electron chi connectivity index (χ0n) is 4.06. The smallest absolute Gasteiger partial charge is 0.331 e. The van der Waals surface area contributed by atoms with Crippen LogP contribution < -0.4 is 0 Å². The quantitative estimate of drug-likeness (QED) is 0.448. The summed E-state index contributed by atoms with van der Waals surface area (Å²) in [7, 11) is 0.940. The van der Waals surface area contributed by atoms with Gasteiger partial charge in [-0.05, 0) is 6.42 Å². The predicted molar refractivity (Wildman–Crippen MR) is 29.2 cm³/mol. The third kappa shape index (κ3) is 0.717. The first-order chi connectivity index (χ1) is 3.22. The summed E-state index contributed by atoms with van der Waals surface area (Å²) in [5.74, 6) is -0.718. The topological polar surface area (TPSA) is 37.3 Å². The van der Waals surface area contributed by atoms with Gasteiger partial charge < -0.3 is 5.11 Å². The van der Waals surface area contributed by atoms with Crippen LogP contribution in [0.4, 0.5) is 0 Å². The van der Waals surface area contributed by atoms with E-state index >= 15 is 0 Å². The zero-order chi connectivity index (χ0) is 5.44. The van der Waals surface area contributed by atoms with Crippen LogP contribution >= 0.6 is 0 Å². The average molecular weight is 114 g/mol. The Labute approximate surface area is 44.3 Å². The lowest BCUT2D eigenvalue weighted by Gasteiger charge is -1.71. The first-order valence-corrected chi connectivity index (χ1v) is 3.13. The van der Waals surface area contributed by atoms with Gasteiger partial charge >= 0.3 is 5.97 Å². The second-order valence-electron chi connectivity index (χ2n) is 1.74. The molecule has 38 valence electrons. The van der Waals surface area contributed by atoms with Crippen molar-refractivity contribution in [3.63, 3.8) is 0 Å². The molecule has 0 atom stereocenters. The van der Waals surface area contributed by atoms with E-state index in [0.29, 0.717) is 5.57 Å². The van der Waals surface area contributed by atoms with Gasteiger partial charge in [0.1, 0.15) is 0 Å². The normalized spacial score (nSPS) is 17.7. The summed E-state index contributed by atoms with van der Waals surface area (Å²) < 4.78 is 0. The summed E-state index contributed by atoms with van der Waals surface area (Å²) in [6.45, 7) is 0. The van der Waals surface area contributed by atoms with Crippen LogP contribution in [0.5, 0.6) is 0 Å². The second kappa shape index (κ2) is 1.20. The Morgan fingerprint density at radius 1 is 1.86 bits per heavy atom. The van der Waals surface area contributed by atoms with E-state index in [4.69, 9.17) is 5.11 Å². The molecule has 0 amide bonds. The summed E-state index contributed by atoms with van der Waals surface area (Å²) in [5, 5.41) is 9.35. The minimum Gasteiger partial charge on any atom is -0.478 e. The lowest BCUT2D eigenvalue weighted by Crippen LogP contribution is -1.87. The number of carboxylic acids is 1. The minimum absolute atomic E-state index is 0.659. The van der Waals surface area contributed by atoms with Crippen LogP contribution in [0.1, 0.15) is 6.42 Å². The van der Waals surface area contributed by atoms with Gasteiger partial charge in [0.05, 0.1) is 0 Å². The number of rotatable bonds is 1. The van der Waals surface area contributed by atoms with Gasteiger partial charge in [-0.3, -0.25) is 0 Å². The molecule has 0 radical (unpaired) electrons. The van der Waals surface area contributed by atoms with Crippen molar-refractivity contribution in [3.8, 4) is 0 Å². The van der Waals surface area contributed by atoms with E-state index in [-0.39, 0.29) is 0 Å². The van der Waals surface area contributed by atoms with E-state index in [1.807, 2.05) is 0 Å². The molecule has 0 aromatic rings. The van der Waals surface area contributed by atoms with E-state index in [0.717, 1.165) is 21.9 Å². The highest BCUT2D eigenvalue weighted by atomic mass is 28.1. The van der Waals surface area contributed by atoms with Gasteiger partial charge in [0.15, 0.2) is 0 Å². The van der Waals surface area contributed by atoms with Crippen LogP contribution in [0.25, 0.3) is 0 Å². The molecule has 3 heteroatoms. The lowest BCUT2D eigenvalue weighted by molar-refractivity contribution is -0.132. The minimum atomic E-state index is -0.718. The number of carboxylic acid groups (broad SMARTS) is 1. The van der Waals surface area contributed by atoms with Crippen LogP contribution in [0, 0.1) is 0 Å². The molecule has 0 aromatic carbocycles. The fourth-order valence-corrected chi connectivity index (χ4v) is 1.05. The van der Waals surface area contributed by atoms with Crippen molar-refractivity contribution in [3.05, 3.63) is 10.8 Å². The molecule has 1 aliphatic carbocycles. The molecule has 0 unspecified atom stereocenters. The van der Waals surface area contributed by atoms with Gasteiger partial charge in [0.25, 0.3) is 0 Å². The Balaban J connectivity index is 2.62. The first kappa shape index (κ1) is 4.58. The monoisotopic (exact) mass is 114 g/mol. The largest absolute Gasteiger partial charge is 0.478 e. The third-order valence-electron chi connectivity index (χ3n) is 1.09. The van der Waals surface area contributed by atoms with Gasteiger partial charge in [-0.25, -0.2) is 4.79 Å². The van der Waals surface area contributed by atoms with Crippen LogP contribution in [-0.2, 0) is 4.79 Å². The Morgan fingerprint density at radius 3 is 2.29 bits per heavy atom. The maximum Gasteiger partial charge on any atom is 0.331 e. The molecule has 0 bridgehead atoms. The molecule has 0 aliphatic heterocycles. The van der Waals surface area contributed by atoms with Gasteiger partial charge in [-0.15, -0.1) is 0 Å². The van der Waals surface area contributed by atoms with E-state index in [1.165, 1.54) is 0 Å². The highest BCUT2D eigenvalue weighted by Gasteiger charge is 2.22. The summed E-state index contributed by atoms with van der Waals surface area (Å²) >= 11 is 0. The molecule has 2 nitrogen and oxygen atoms in total. The second-order valence-corrected chi connectivity index (χ2v) is 2.95. The number of aliphatic carboxylic acids is 1. The van der Waals surface area contributed by atoms with Crippen LogP contribution in [0.15, 0.2) is 10.8 Å². The predicted octanol–water partition coefficient (Wildman–Crippen LogP) is -0.906. The molecule has 0 heterocycles. The van der Waals surface area contributed by atoms with Gasteiger partial charge in [0.2, 0.25) is 0 Å². The van der Waals surface area contributed by atoms with Crippen LogP contribution in [0.3, 0.4) is 0 Å². The Kier molecular flexibility index (Phi) is 0.783. The fourth-order valence-electron chi connectivity index (χ4n) is 0.479. The molecule has 1 rings (SSSR count). The fraction of sp³-hybridized carbons (Fsp3) is 0.250. The molecule has 0 aromatic heterocycles. The molecule has 0 fully saturated rings. The highest BCUT2D eigenvalue weighted by molar-refractivity contribution is 6.29. The zero-order valence-corrected chi connectivity index (χ0v) is 6.06. The maximum absolute atomic E-state index is 9.94. The van der Waals surface area contributed by atoms with Crippen molar-refractivity contribution in [1.82, 2.24) is 0 Å². The van der Waals surface area contributed by atoms with Crippen molar-refractivity contribution < 1.29 is 9.90 Å². The van der Waals surface area contributed by atoms with E-state index in [1.54, 1.807) is 0 Å². The van der Waals surface area contributed by atoms with E-state index in [9.17, 15) is 4.79 Å². The SMILES string of the molecule is O=C(O)C1=C([SiH3])C1. The molecule has 1 aliphatic rings. The van der Waals surface area contributed by atoms with Gasteiger partial charge in [0, 0.05) is 15.8 Å². The summed E-state index contributed by atoms with van der Waals surface area (Å²) in [6, 6.07) is 0. The summed E-state index contributed by atoms with van der Waals surface area (Å²) in [4.78, 5) is 9.94. The molecule has 0 saturated heterocycles. The van der Waals surface area contributed by atoms with Crippen molar-refractivity contribution in [2.45, 2.75) is 6.42 Å². The van der Waals surface area contributed by atoms with Crippen molar-refractivity contribution in [1.29, 1.82) is 0 Å². The average Bonchev–Trinajstić information content (AvgIpc) is 2.17. The van der Waals surface area contributed by atoms with Crippen molar-refractivity contribution in [2.24, 2.45) is 0 Å². The standard InChI is InChI=1S/C4H6O2Si/c5-4(6)2-1-3(2)7/h1H2,7H3,(H,5,6).